The van der Waals surface area contributed by atoms with Crippen molar-refractivity contribution in [2.24, 2.45) is 0 Å². The molecule has 0 spiro atoms. The molecule has 0 aromatic heterocycles. The number of carbonyl (C=O) groups is 2. The molecule has 0 aliphatic rings. The number of amides is 2. The van der Waals surface area contributed by atoms with Crippen LogP contribution >= 0.6 is 0 Å². The summed E-state index contributed by atoms with van der Waals surface area (Å²) in [5, 5.41) is 4.27. The van der Waals surface area contributed by atoms with Gasteiger partial charge in [-0.3, -0.25) is 9.59 Å². The van der Waals surface area contributed by atoms with Crippen molar-refractivity contribution in [3.05, 3.63) is 59.9 Å². The summed E-state index contributed by atoms with van der Waals surface area (Å²) in [4.78, 5) is 22.6. The number of rotatable bonds is 5. The van der Waals surface area contributed by atoms with Crippen LogP contribution in [0.2, 0.25) is 0 Å². The summed E-state index contributed by atoms with van der Waals surface area (Å²) in [6.07, 6.45) is -4.50. The van der Waals surface area contributed by atoms with Gasteiger partial charge >= 0.3 is 12.1 Å². The smallest absolute Gasteiger partial charge is 0.326 e. The van der Waals surface area contributed by atoms with Gasteiger partial charge in [-0.25, -0.2) is 4.39 Å². The van der Waals surface area contributed by atoms with Gasteiger partial charge in [-0.2, -0.15) is 13.2 Å². The number of hydrogen-bond acceptors (Lipinski definition) is 2. The lowest BCUT2D eigenvalue weighted by Gasteiger charge is -2.09. The lowest BCUT2D eigenvalue weighted by molar-refractivity contribution is -0.167. The van der Waals surface area contributed by atoms with E-state index >= 15 is 0 Å². The predicted octanol–water partition coefficient (Wildman–Crippen LogP) is 3.90. The van der Waals surface area contributed by atoms with Gasteiger partial charge in [0.15, 0.2) is 0 Å². The molecule has 0 bridgehead atoms. The van der Waals surface area contributed by atoms with Crippen LogP contribution in [-0.4, -0.2) is 18.0 Å². The Labute approximate surface area is 140 Å². The van der Waals surface area contributed by atoms with E-state index in [1.165, 1.54) is 36.4 Å². The van der Waals surface area contributed by atoms with Crippen LogP contribution in [0.3, 0.4) is 0 Å². The number of benzene rings is 2. The zero-order valence-corrected chi connectivity index (χ0v) is 12.9. The summed E-state index contributed by atoms with van der Waals surface area (Å²) >= 11 is 0. The first kappa shape index (κ1) is 18.4. The number of carbonyl (C=O) groups excluding carboxylic acids is 2. The molecule has 0 heterocycles. The Morgan fingerprint density at radius 1 is 0.920 bits per heavy atom. The van der Waals surface area contributed by atoms with E-state index in [1.54, 1.807) is 17.4 Å². The highest BCUT2D eigenvalue weighted by Crippen LogP contribution is 2.19. The van der Waals surface area contributed by atoms with Crippen molar-refractivity contribution in [1.29, 1.82) is 0 Å². The highest BCUT2D eigenvalue weighted by molar-refractivity contribution is 5.95. The van der Waals surface area contributed by atoms with Crippen molar-refractivity contribution in [2.45, 2.75) is 19.0 Å². The molecule has 4 nitrogen and oxygen atoms in total. The second kappa shape index (κ2) is 7.78. The number of halogens is 4. The summed E-state index contributed by atoms with van der Waals surface area (Å²) in [6, 6.07) is 11.1. The zero-order valence-electron chi connectivity index (χ0n) is 12.9. The molecule has 132 valence electrons. The molecule has 0 unspecified atom stereocenters. The number of nitrogens with one attached hydrogen (secondary N) is 2. The summed E-state index contributed by atoms with van der Waals surface area (Å²) in [7, 11) is 0. The first-order valence-electron chi connectivity index (χ1n) is 7.26. The van der Waals surface area contributed by atoms with Crippen LogP contribution < -0.4 is 10.6 Å². The minimum atomic E-state index is -4.97. The molecule has 0 saturated heterocycles. The lowest BCUT2D eigenvalue weighted by atomic mass is 10.1. The molecular weight excluding hydrogens is 340 g/mol. The van der Waals surface area contributed by atoms with Crippen LogP contribution in [-0.2, 0) is 16.0 Å². The Kier molecular flexibility index (Phi) is 5.74. The van der Waals surface area contributed by atoms with Crippen molar-refractivity contribution in [3.8, 4) is 0 Å². The van der Waals surface area contributed by atoms with E-state index in [9.17, 15) is 27.2 Å². The first-order valence-corrected chi connectivity index (χ1v) is 7.26. The Morgan fingerprint density at radius 2 is 1.52 bits per heavy atom. The molecule has 0 radical (unpaired) electrons. The summed E-state index contributed by atoms with van der Waals surface area (Å²) in [5.41, 5.74) is 1.01. The average Bonchev–Trinajstić information content (AvgIpc) is 2.54. The van der Waals surface area contributed by atoms with Gasteiger partial charge in [0.05, 0.1) is 0 Å². The van der Waals surface area contributed by atoms with E-state index in [1.807, 2.05) is 0 Å². The molecule has 2 amide bonds. The van der Waals surface area contributed by atoms with Crippen molar-refractivity contribution in [1.82, 2.24) is 0 Å². The SMILES string of the molecule is O=C(CCc1cccc(F)c1)Nc1ccc(NC(=O)C(F)(F)F)cc1. The van der Waals surface area contributed by atoms with Gasteiger partial charge in [-0.15, -0.1) is 0 Å². The van der Waals surface area contributed by atoms with Crippen LogP contribution in [0.5, 0.6) is 0 Å². The van der Waals surface area contributed by atoms with Crippen molar-refractivity contribution < 1.29 is 27.2 Å². The molecule has 0 aliphatic heterocycles. The maximum absolute atomic E-state index is 13.0. The molecule has 2 aromatic rings. The molecule has 8 heteroatoms. The molecule has 0 saturated carbocycles. The lowest BCUT2D eigenvalue weighted by Crippen LogP contribution is -2.29. The van der Waals surface area contributed by atoms with Gasteiger partial charge in [-0.1, -0.05) is 12.1 Å². The summed E-state index contributed by atoms with van der Waals surface area (Å²) in [6.45, 7) is 0. The first-order chi connectivity index (χ1) is 11.7. The second-order valence-electron chi connectivity index (χ2n) is 5.21. The van der Waals surface area contributed by atoms with Crippen LogP contribution in [0.1, 0.15) is 12.0 Å². The van der Waals surface area contributed by atoms with Gasteiger partial charge in [0.25, 0.3) is 0 Å². The maximum atomic E-state index is 13.0. The molecule has 25 heavy (non-hydrogen) atoms. The number of alkyl halides is 3. The van der Waals surface area contributed by atoms with Gasteiger partial charge < -0.3 is 10.6 Å². The van der Waals surface area contributed by atoms with E-state index in [0.717, 1.165) is 0 Å². The Morgan fingerprint density at radius 3 is 2.08 bits per heavy atom. The van der Waals surface area contributed by atoms with E-state index in [0.29, 0.717) is 17.7 Å². The third-order valence-electron chi connectivity index (χ3n) is 3.21. The number of aryl methyl sites for hydroxylation is 1. The van der Waals surface area contributed by atoms with Crippen LogP contribution in [0, 0.1) is 5.82 Å². The molecular formula is C17H14F4N2O2. The van der Waals surface area contributed by atoms with Crippen molar-refractivity contribution in [3.63, 3.8) is 0 Å². The quantitative estimate of drug-likeness (QED) is 0.800. The van der Waals surface area contributed by atoms with Crippen LogP contribution in [0.25, 0.3) is 0 Å². The highest BCUT2D eigenvalue weighted by atomic mass is 19.4. The zero-order chi connectivity index (χ0) is 18.4. The second-order valence-corrected chi connectivity index (χ2v) is 5.21. The van der Waals surface area contributed by atoms with E-state index in [2.05, 4.69) is 5.32 Å². The van der Waals surface area contributed by atoms with E-state index in [4.69, 9.17) is 0 Å². The molecule has 2 aromatic carbocycles. The fourth-order valence-corrected chi connectivity index (χ4v) is 2.01. The number of hydrogen-bond donors (Lipinski definition) is 2. The average molecular weight is 354 g/mol. The molecule has 2 rings (SSSR count). The molecule has 0 fully saturated rings. The van der Waals surface area contributed by atoms with Crippen molar-refractivity contribution in [2.75, 3.05) is 10.6 Å². The van der Waals surface area contributed by atoms with Gasteiger partial charge in [0, 0.05) is 17.8 Å². The Bertz CT molecular complexity index is 758. The van der Waals surface area contributed by atoms with Crippen LogP contribution in [0.15, 0.2) is 48.5 Å². The molecule has 0 aliphatic carbocycles. The fraction of sp³-hybridized carbons (Fsp3) is 0.176. The minimum absolute atomic E-state index is 0.0416. The third kappa shape index (κ3) is 5.91. The van der Waals surface area contributed by atoms with Crippen LogP contribution in [0.4, 0.5) is 28.9 Å². The Balaban J connectivity index is 1.86. The van der Waals surface area contributed by atoms with Crippen molar-refractivity contribution >= 4 is 23.2 Å². The largest absolute Gasteiger partial charge is 0.471 e. The monoisotopic (exact) mass is 354 g/mol. The summed E-state index contributed by atoms with van der Waals surface area (Å²) < 4.78 is 49.5. The normalized spacial score (nSPS) is 11.0. The van der Waals surface area contributed by atoms with E-state index in [-0.39, 0.29) is 23.8 Å². The standard InChI is InChI=1S/C17H14F4N2O2/c18-12-3-1-2-11(10-12)4-9-15(24)22-13-5-7-14(8-6-13)23-16(25)17(19,20)21/h1-3,5-8,10H,4,9H2,(H,22,24)(H,23,25). The Hall–Kier alpha value is -2.90. The fourth-order valence-electron chi connectivity index (χ4n) is 2.01. The maximum Gasteiger partial charge on any atom is 0.471 e. The van der Waals surface area contributed by atoms with E-state index < -0.39 is 12.1 Å². The van der Waals surface area contributed by atoms with Gasteiger partial charge in [0.1, 0.15) is 5.82 Å². The molecule has 0 atom stereocenters. The summed E-state index contributed by atoms with van der Waals surface area (Å²) in [5.74, 6) is -2.77. The predicted molar refractivity (Wildman–Crippen MR) is 84.5 cm³/mol. The minimum Gasteiger partial charge on any atom is -0.326 e. The molecule has 2 N–H and O–H groups in total. The number of anilines is 2. The van der Waals surface area contributed by atoms with Gasteiger partial charge in [-0.05, 0) is 48.4 Å². The van der Waals surface area contributed by atoms with Gasteiger partial charge in [0.2, 0.25) is 5.91 Å². The third-order valence-corrected chi connectivity index (χ3v) is 3.21. The highest BCUT2D eigenvalue weighted by Gasteiger charge is 2.38. The topological polar surface area (TPSA) is 58.2 Å².